The highest BCUT2D eigenvalue weighted by Gasteiger charge is 2.16. The molecule has 1 fully saturated rings. The molecule has 0 radical (unpaired) electrons. The Kier molecular flexibility index (Phi) is 12.3. The molecule has 5 nitrogen and oxygen atoms in total. The van der Waals surface area contributed by atoms with Gasteiger partial charge in [-0.2, -0.15) is 0 Å². The molecule has 30 heavy (non-hydrogen) atoms. The van der Waals surface area contributed by atoms with Gasteiger partial charge < -0.3 is 20.4 Å². The van der Waals surface area contributed by atoms with Crippen molar-refractivity contribution in [1.82, 2.24) is 20.4 Å². The van der Waals surface area contributed by atoms with Crippen molar-refractivity contribution in [3.8, 4) is 0 Å². The van der Waals surface area contributed by atoms with Gasteiger partial charge >= 0.3 is 0 Å². The fraction of sp³-hybridized carbons (Fsp3) is 0.708. The third-order valence-electron chi connectivity index (χ3n) is 5.60. The quantitative estimate of drug-likeness (QED) is 0.307. The number of aliphatic imine (C=N–C) groups is 1. The summed E-state index contributed by atoms with van der Waals surface area (Å²) in [5.74, 6) is 1.50. The van der Waals surface area contributed by atoms with Crippen molar-refractivity contribution in [2.24, 2.45) is 10.9 Å². The van der Waals surface area contributed by atoms with Gasteiger partial charge in [0, 0.05) is 52.4 Å². The number of rotatable bonds is 8. The van der Waals surface area contributed by atoms with Crippen LogP contribution in [-0.4, -0.2) is 75.2 Å². The molecule has 0 spiro atoms. The lowest BCUT2D eigenvalue weighted by Crippen LogP contribution is -2.46. The number of piperazine rings is 1. The first kappa shape index (κ1) is 27.2. The number of hydrogen-bond acceptors (Lipinski definition) is 3. The fourth-order valence-corrected chi connectivity index (χ4v) is 3.61. The van der Waals surface area contributed by atoms with Crippen LogP contribution in [0, 0.1) is 5.92 Å². The molecule has 0 aromatic heterocycles. The van der Waals surface area contributed by atoms with Gasteiger partial charge in [-0.1, -0.05) is 52.0 Å². The molecule has 2 N–H and O–H groups in total. The van der Waals surface area contributed by atoms with E-state index in [1.807, 2.05) is 0 Å². The molecular formula is C24H44IN5. The second kappa shape index (κ2) is 13.5. The van der Waals surface area contributed by atoms with Gasteiger partial charge in [0.1, 0.15) is 0 Å². The summed E-state index contributed by atoms with van der Waals surface area (Å²) in [6, 6.07) is 9.03. The number of nitrogens with zero attached hydrogens (tertiary/aromatic N) is 3. The predicted molar refractivity (Wildman–Crippen MR) is 141 cm³/mol. The van der Waals surface area contributed by atoms with Gasteiger partial charge in [-0.15, -0.1) is 24.0 Å². The maximum absolute atomic E-state index is 4.83. The van der Waals surface area contributed by atoms with Gasteiger partial charge in [-0.25, -0.2) is 0 Å². The summed E-state index contributed by atoms with van der Waals surface area (Å²) in [5.41, 5.74) is 2.96. The number of guanidine groups is 1. The normalized spacial score (nSPS) is 17.3. The van der Waals surface area contributed by atoms with Crippen LogP contribution < -0.4 is 10.6 Å². The Hall–Kier alpha value is -0.860. The molecule has 0 saturated carbocycles. The zero-order valence-electron chi connectivity index (χ0n) is 20.0. The van der Waals surface area contributed by atoms with Gasteiger partial charge in [-0.3, -0.25) is 4.99 Å². The molecule has 0 bridgehead atoms. The molecule has 0 aliphatic carbocycles. The summed E-state index contributed by atoms with van der Waals surface area (Å²) < 4.78 is 0. The van der Waals surface area contributed by atoms with E-state index in [2.05, 4.69) is 86.4 Å². The lowest BCUT2D eigenvalue weighted by atomic mass is 9.86. The second-order valence-corrected chi connectivity index (χ2v) is 9.55. The SMILES string of the molecule is CCNC(=NCC(C)CN1CCN(C)CC1)NCCc1ccc(C(C)(C)C)cc1.I. The van der Waals surface area contributed by atoms with Crippen molar-refractivity contribution in [2.45, 2.75) is 46.5 Å². The van der Waals surface area contributed by atoms with Crippen LogP contribution in [0.3, 0.4) is 0 Å². The first-order chi connectivity index (χ1) is 13.8. The number of benzene rings is 1. The van der Waals surface area contributed by atoms with Gasteiger partial charge in [0.2, 0.25) is 0 Å². The number of nitrogens with one attached hydrogen (secondary N) is 2. The molecule has 1 aromatic rings. The van der Waals surface area contributed by atoms with Crippen molar-refractivity contribution in [3.05, 3.63) is 35.4 Å². The summed E-state index contributed by atoms with van der Waals surface area (Å²) in [7, 11) is 2.21. The van der Waals surface area contributed by atoms with E-state index >= 15 is 0 Å². The molecule has 6 heteroatoms. The Morgan fingerprint density at radius 3 is 2.27 bits per heavy atom. The van der Waals surface area contributed by atoms with Gasteiger partial charge in [0.15, 0.2) is 5.96 Å². The molecule has 1 aliphatic heterocycles. The van der Waals surface area contributed by atoms with Crippen LogP contribution in [0.2, 0.25) is 0 Å². The van der Waals surface area contributed by atoms with Gasteiger partial charge in [0.25, 0.3) is 0 Å². The van der Waals surface area contributed by atoms with Crippen LogP contribution in [0.5, 0.6) is 0 Å². The summed E-state index contributed by atoms with van der Waals surface area (Å²) >= 11 is 0. The van der Waals surface area contributed by atoms with Crippen molar-refractivity contribution >= 4 is 29.9 Å². The number of halogens is 1. The Balaban J connectivity index is 0.00000450. The Labute approximate surface area is 202 Å². The maximum atomic E-state index is 4.83. The smallest absolute Gasteiger partial charge is 0.191 e. The Morgan fingerprint density at radius 2 is 1.70 bits per heavy atom. The Bertz CT molecular complexity index is 615. The number of likely N-dealkylation sites (N-methyl/N-ethyl adjacent to an activating group) is 1. The molecule has 1 aliphatic rings. The zero-order valence-corrected chi connectivity index (χ0v) is 22.3. The van der Waals surface area contributed by atoms with Gasteiger partial charge in [-0.05, 0) is 42.9 Å². The fourth-order valence-electron chi connectivity index (χ4n) is 3.61. The molecule has 172 valence electrons. The van der Waals surface area contributed by atoms with E-state index in [4.69, 9.17) is 4.99 Å². The largest absolute Gasteiger partial charge is 0.357 e. The minimum Gasteiger partial charge on any atom is -0.357 e. The Morgan fingerprint density at radius 1 is 1.07 bits per heavy atom. The van der Waals surface area contributed by atoms with Gasteiger partial charge in [0.05, 0.1) is 0 Å². The first-order valence-corrected chi connectivity index (χ1v) is 11.3. The van der Waals surface area contributed by atoms with Crippen LogP contribution in [-0.2, 0) is 11.8 Å². The molecule has 1 heterocycles. The molecule has 1 unspecified atom stereocenters. The molecule has 1 saturated heterocycles. The van der Waals surface area contributed by atoms with Crippen molar-refractivity contribution < 1.29 is 0 Å². The van der Waals surface area contributed by atoms with Crippen molar-refractivity contribution in [2.75, 3.05) is 59.4 Å². The number of hydrogen-bond donors (Lipinski definition) is 2. The minimum atomic E-state index is 0. The zero-order chi connectivity index (χ0) is 21.3. The average Bonchev–Trinajstić information content (AvgIpc) is 2.67. The lowest BCUT2D eigenvalue weighted by molar-refractivity contribution is 0.140. The van der Waals surface area contributed by atoms with E-state index < -0.39 is 0 Å². The summed E-state index contributed by atoms with van der Waals surface area (Å²) in [6.45, 7) is 19.7. The van der Waals surface area contributed by atoms with E-state index in [9.17, 15) is 0 Å². The van der Waals surface area contributed by atoms with Crippen molar-refractivity contribution in [3.63, 3.8) is 0 Å². The highest BCUT2D eigenvalue weighted by molar-refractivity contribution is 14.0. The molecule has 1 atom stereocenters. The van der Waals surface area contributed by atoms with Crippen LogP contribution in [0.1, 0.15) is 45.7 Å². The highest BCUT2D eigenvalue weighted by atomic mass is 127. The third kappa shape index (κ3) is 9.96. The average molecular weight is 530 g/mol. The van der Waals surface area contributed by atoms with E-state index in [0.717, 1.165) is 38.6 Å². The van der Waals surface area contributed by atoms with Crippen LogP contribution in [0.15, 0.2) is 29.3 Å². The molecular weight excluding hydrogens is 485 g/mol. The van der Waals surface area contributed by atoms with Crippen LogP contribution in [0.4, 0.5) is 0 Å². The van der Waals surface area contributed by atoms with E-state index in [1.165, 1.54) is 37.3 Å². The lowest BCUT2D eigenvalue weighted by Gasteiger charge is -2.33. The van der Waals surface area contributed by atoms with E-state index in [-0.39, 0.29) is 29.4 Å². The van der Waals surface area contributed by atoms with Crippen molar-refractivity contribution in [1.29, 1.82) is 0 Å². The first-order valence-electron chi connectivity index (χ1n) is 11.3. The predicted octanol–water partition coefficient (Wildman–Crippen LogP) is 3.58. The van der Waals surface area contributed by atoms with E-state index in [0.29, 0.717) is 5.92 Å². The minimum absolute atomic E-state index is 0. The summed E-state index contributed by atoms with van der Waals surface area (Å²) in [5, 5.41) is 6.88. The highest BCUT2D eigenvalue weighted by Crippen LogP contribution is 2.22. The summed E-state index contributed by atoms with van der Waals surface area (Å²) in [6.07, 6.45) is 1.01. The molecule has 2 rings (SSSR count). The topological polar surface area (TPSA) is 42.9 Å². The monoisotopic (exact) mass is 529 g/mol. The standard InChI is InChI=1S/C24H43N5.HI/c1-7-25-23(27-18-20(2)19-29-16-14-28(6)15-17-29)26-13-12-21-8-10-22(11-9-21)24(3,4)5;/h8-11,20H,7,12-19H2,1-6H3,(H2,25,26,27);1H. The molecule has 1 aromatic carbocycles. The van der Waals surface area contributed by atoms with Crippen LogP contribution in [0.25, 0.3) is 0 Å². The maximum Gasteiger partial charge on any atom is 0.191 e. The third-order valence-corrected chi connectivity index (χ3v) is 5.60. The van der Waals surface area contributed by atoms with Crippen LogP contribution >= 0.6 is 24.0 Å². The summed E-state index contributed by atoms with van der Waals surface area (Å²) in [4.78, 5) is 9.81. The second-order valence-electron chi connectivity index (χ2n) is 9.55. The van der Waals surface area contributed by atoms with E-state index in [1.54, 1.807) is 0 Å². The molecule has 0 amide bonds.